The van der Waals surface area contributed by atoms with Gasteiger partial charge in [-0.25, -0.2) is 0 Å². The summed E-state index contributed by atoms with van der Waals surface area (Å²) < 4.78 is 11.1. The molecule has 0 spiro atoms. The highest BCUT2D eigenvalue weighted by Crippen LogP contribution is 2.13. The number of aliphatic imine (C=N–C) groups is 1. The Kier molecular flexibility index (Phi) is 36.9. The van der Waals surface area contributed by atoms with E-state index in [-0.39, 0.29) is 11.9 Å². The molecule has 0 bridgehead atoms. The third kappa shape index (κ3) is 35.7. The van der Waals surface area contributed by atoms with E-state index in [1.807, 2.05) is 20.3 Å². The highest BCUT2D eigenvalue weighted by Gasteiger charge is 2.13. The van der Waals surface area contributed by atoms with Crippen molar-refractivity contribution in [2.45, 2.75) is 194 Å². The molecule has 0 saturated heterocycles. The van der Waals surface area contributed by atoms with E-state index in [0.29, 0.717) is 39.1 Å². The zero-order valence-electron chi connectivity index (χ0n) is 32.6. The Labute approximate surface area is 298 Å². The molecule has 0 aliphatic rings. The smallest absolute Gasteiger partial charge is 0.307 e. The Balaban J connectivity index is 4.10. The van der Waals surface area contributed by atoms with E-state index in [0.717, 1.165) is 51.7 Å². The second-order valence-electron chi connectivity index (χ2n) is 14.0. The standard InChI is InChI=1S/C41H81N3O4/c1-5-8-10-12-14-16-18-20-22-24-26-28-37-47-40(45)31-35-44(34-30-33-43(4)39-42-7-3)36-32-41(46)48-38-29-27-25-23-21-19-17-15-13-11-9-6-2/h39H,5-38H2,1-4H3. The first-order valence-corrected chi connectivity index (χ1v) is 20.8. The van der Waals surface area contributed by atoms with Crippen LogP contribution in [-0.4, -0.2) is 81.1 Å². The maximum absolute atomic E-state index is 12.5. The number of carbonyl (C=O) groups excluding carboxylic acids is 2. The number of unbranched alkanes of at least 4 members (excludes halogenated alkanes) is 22. The lowest BCUT2D eigenvalue weighted by Gasteiger charge is -2.23. The fourth-order valence-corrected chi connectivity index (χ4v) is 6.06. The number of nitrogens with zero attached hydrogens (tertiary/aromatic N) is 3. The van der Waals surface area contributed by atoms with Crippen LogP contribution < -0.4 is 0 Å². The van der Waals surface area contributed by atoms with Gasteiger partial charge in [-0.15, -0.1) is 0 Å². The maximum Gasteiger partial charge on any atom is 0.307 e. The predicted octanol–water partition coefficient (Wildman–Crippen LogP) is 10.9. The summed E-state index contributed by atoms with van der Waals surface area (Å²) in [5.41, 5.74) is 0. The minimum Gasteiger partial charge on any atom is -0.466 e. The topological polar surface area (TPSA) is 71.4 Å². The molecule has 0 aliphatic heterocycles. The molecule has 0 radical (unpaired) electrons. The van der Waals surface area contributed by atoms with Gasteiger partial charge in [-0.05, 0) is 32.7 Å². The molecular weight excluding hydrogens is 598 g/mol. The van der Waals surface area contributed by atoms with Crippen molar-refractivity contribution >= 4 is 18.3 Å². The number of carbonyl (C=O) groups is 2. The van der Waals surface area contributed by atoms with Crippen molar-refractivity contribution in [1.29, 1.82) is 0 Å². The van der Waals surface area contributed by atoms with Crippen LogP contribution in [0.25, 0.3) is 0 Å². The molecule has 0 aliphatic carbocycles. The first kappa shape index (κ1) is 46.4. The van der Waals surface area contributed by atoms with Crippen molar-refractivity contribution in [1.82, 2.24) is 9.80 Å². The van der Waals surface area contributed by atoms with E-state index in [1.165, 1.54) is 128 Å². The number of esters is 2. The summed E-state index contributed by atoms with van der Waals surface area (Å²) in [5.74, 6) is -0.269. The van der Waals surface area contributed by atoms with Crippen LogP contribution in [-0.2, 0) is 19.1 Å². The van der Waals surface area contributed by atoms with Crippen molar-refractivity contribution in [2.24, 2.45) is 4.99 Å². The molecule has 0 aromatic rings. The van der Waals surface area contributed by atoms with Gasteiger partial charge in [0.1, 0.15) is 0 Å². The summed E-state index contributed by atoms with van der Waals surface area (Å²) in [5, 5.41) is 0. The molecule has 0 atom stereocenters. The van der Waals surface area contributed by atoms with Gasteiger partial charge in [0.2, 0.25) is 0 Å². The van der Waals surface area contributed by atoms with E-state index < -0.39 is 0 Å². The molecule has 7 nitrogen and oxygen atoms in total. The summed E-state index contributed by atoms with van der Waals surface area (Å²) in [6.07, 6.45) is 34.6. The number of hydrogen-bond acceptors (Lipinski definition) is 6. The molecule has 0 rings (SSSR count). The average molecular weight is 680 g/mol. The number of rotatable bonds is 38. The highest BCUT2D eigenvalue weighted by molar-refractivity contribution is 5.70. The Hall–Kier alpha value is -1.63. The molecular formula is C41H81N3O4. The molecule has 0 saturated carbocycles. The normalized spacial score (nSPS) is 11.5. The SMILES string of the molecule is CCCCCCCCCCCCCCOC(=O)CCN(CCCN(C)C=NCC)CCC(=O)OCCCCCCCCCCCCCC. The van der Waals surface area contributed by atoms with Crippen molar-refractivity contribution in [3.63, 3.8) is 0 Å². The number of ether oxygens (including phenoxy) is 2. The Morgan fingerprint density at radius 1 is 0.479 bits per heavy atom. The second-order valence-corrected chi connectivity index (χ2v) is 14.0. The van der Waals surface area contributed by atoms with Crippen LogP contribution in [0.15, 0.2) is 4.99 Å². The monoisotopic (exact) mass is 680 g/mol. The minimum absolute atomic E-state index is 0.134. The van der Waals surface area contributed by atoms with Crippen LogP contribution in [0.3, 0.4) is 0 Å². The molecule has 0 aromatic heterocycles. The van der Waals surface area contributed by atoms with E-state index in [9.17, 15) is 9.59 Å². The quantitative estimate of drug-likeness (QED) is 0.0280. The van der Waals surface area contributed by atoms with Crippen molar-refractivity contribution in [2.75, 3.05) is 53.0 Å². The molecule has 284 valence electrons. The van der Waals surface area contributed by atoms with Crippen LogP contribution in [0.4, 0.5) is 0 Å². The van der Waals surface area contributed by atoms with Crippen molar-refractivity contribution < 1.29 is 19.1 Å². The van der Waals surface area contributed by atoms with Crippen molar-refractivity contribution in [3.8, 4) is 0 Å². The molecule has 0 N–H and O–H groups in total. The van der Waals surface area contributed by atoms with Crippen LogP contribution >= 0.6 is 0 Å². The molecule has 48 heavy (non-hydrogen) atoms. The molecule has 0 amide bonds. The van der Waals surface area contributed by atoms with Gasteiger partial charge < -0.3 is 19.3 Å². The molecule has 0 aromatic carbocycles. The summed E-state index contributed by atoms with van der Waals surface area (Å²) in [4.78, 5) is 33.5. The van der Waals surface area contributed by atoms with Gasteiger partial charge in [0, 0.05) is 33.2 Å². The number of hydrogen-bond donors (Lipinski definition) is 0. The van der Waals surface area contributed by atoms with Crippen molar-refractivity contribution in [3.05, 3.63) is 0 Å². The Morgan fingerprint density at radius 3 is 1.19 bits per heavy atom. The van der Waals surface area contributed by atoms with E-state index in [4.69, 9.17) is 9.47 Å². The molecule has 7 heteroatoms. The maximum atomic E-state index is 12.5. The second kappa shape index (κ2) is 38.2. The zero-order valence-corrected chi connectivity index (χ0v) is 32.6. The highest BCUT2D eigenvalue weighted by atomic mass is 16.5. The average Bonchev–Trinajstić information content (AvgIpc) is 3.08. The lowest BCUT2D eigenvalue weighted by molar-refractivity contribution is -0.144. The fraction of sp³-hybridized carbons (Fsp3) is 0.927. The Morgan fingerprint density at radius 2 is 0.833 bits per heavy atom. The van der Waals surface area contributed by atoms with Gasteiger partial charge in [0.05, 0.1) is 32.4 Å². The van der Waals surface area contributed by atoms with Crippen LogP contribution in [0.5, 0.6) is 0 Å². The summed E-state index contributed by atoms with van der Waals surface area (Å²) in [6.45, 7) is 11.3. The lowest BCUT2D eigenvalue weighted by Crippen LogP contribution is -2.32. The van der Waals surface area contributed by atoms with Gasteiger partial charge in [-0.3, -0.25) is 14.6 Å². The van der Waals surface area contributed by atoms with Crippen LogP contribution in [0.1, 0.15) is 194 Å². The van der Waals surface area contributed by atoms with Crippen LogP contribution in [0, 0.1) is 0 Å². The fourth-order valence-electron chi connectivity index (χ4n) is 6.06. The first-order valence-electron chi connectivity index (χ1n) is 20.8. The van der Waals surface area contributed by atoms with Gasteiger partial charge >= 0.3 is 11.9 Å². The van der Waals surface area contributed by atoms with E-state index >= 15 is 0 Å². The third-order valence-corrected chi connectivity index (χ3v) is 9.23. The minimum atomic E-state index is -0.134. The Bertz CT molecular complexity index is 672. The van der Waals surface area contributed by atoms with Crippen LogP contribution in [0.2, 0.25) is 0 Å². The predicted molar refractivity (Wildman–Crippen MR) is 206 cm³/mol. The molecule has 0 fully saturated rings. The van der Waals surface area contributed by atoms with Gasteiger partial charge in [0.25, 0.3) is 0 Å². The van der Waals surface area contributed by atoms with E-state index in [2.05, 4.69) is 28.6 Å². The third-order valence-electron chi connectivity index (χ3n) is 9.23. The summed E-state index contributed by atoms with van der Waals surface area (Å²) in [7, 11) is 2.03. The van der Waals surface area contributed by atoms with Gasteiger partial charge in [0.15, 0.2) is 0 Å². The molecule has 0 unspecified atom stereocenters. The summed E-state index contributed by atoms with van der Waals surface area (Å²) in [6, 6.07) is 0. The molecule has 0 heterocycles. The summed E-state index contributed by atoms with van der Waals surface area (Å²) >= 11 is 0. The zero-order chi connectivity index (χ0) is 35.2. The van der Waals surface area contributed by atoms with E-state index in [1.54, 1.807) is 0 Å². The van der Waals surface area contributed by atoms with Gasteiger partial charge in [-0.1, -0.05) is 155 Å². The largest absolute Gasteiger partial charge is 0.466 e. The lowest BCUT2D eigenvalue weighted by atomic mass is 10.1. The first-order chi connectivity index (χ1) is 23.5. The van der Waals surface area contributed by atoms with Gasteiger partial charge in [-0.2, -0.15) is 0 Å².